The lowest BCUT2D eigenvalue weighted by atomic mass is 10.1. The van der Waals surface area contributed by atoms with E-state index in [4.69, 9.17) is 4.74 Å². The van der Waals surface area contributed by atoms with Gasteiger partial charge in [-0.05, 0) is 42.5 Å². The van der Waals surface area contributed by atoms with E-state index in [9.17, 15) is 5.26 Å². The largest absolute Gasteiger partial charge is 0.497 e. The number of rotatable bonds is 3. The fourth-order valence-electron chi connectivity index (χ4n) is 2.87. The fraction of sp³-hybridized carbons (Fsp3) is 0.278. The number of nitrogens with zero attached hydrogens (tertiary/aromatic N) is 3. The molecule has 0 saturated carbocycles. The predicted molar refractivity (Wildman–Crippen MR) is 96.3 cm³/mol. The van der Waals surface area contributed by atoms with Crippen LogP contribution in [-0.2, 0) is 0 Å². The molecule has 4 nitrogen and oxygen atoms in total. The molecule has 1 heterocycles. The third-order valence-electron chi connectivity index (χ3n) is 4.14. The zero-order valence-corrected chi connectivity index (χ0v) is 14.6. The molecule has 0 radical (unpaired) electrons. The van der Waals surface area contributed by atoms with Gasteiger partial charge in [-0.25, -0.2) is 0 Å². The molecule has 23 heavy (non-hydrogen) atoms. The van der Waals surface area contributed by atoms with Crippen LogP contribution >= 0.6 is 15.9 Å². The third kappa shape index (κ3) is 3.43. The van der Waals surface area contributed by atoms with E-state index < -0.39 is 0 Å². The first kappa shape index (κ1) is 15.7. The maximum Gasteiger partial charge on any atom is 0.119 e. The van der Waals surface area contributed by atoms with Crippen molar-refractivity contribution in [1.82, 2.24) is 0 Å². The Morgan fingerprint density at radius 2 is 1.65 bits per heavy atom. The second-order valence-electron chi connectivity index (χ2n) is 5.45. The molecule has 118 valence electrons. The smallest absolute Gasteiger partial charge is 0.119 e. The Hall–Kier alpha value is -2.19. The number of anilines is 2. The highest BCUT2D eigenvalue weighted by atomic mass is 79.9. The van der Waals surface area contributed by atoms with Gasteiger partial charge in [-0.3, -0.25) is 0 Å². The minimum absolute atomic E-state index is 0.720. The number of hydrogen-bond acceptors (Lipinski definition) is 4. The van der Waals surface area contributed by atoms with Crippen LogP contribution in [0.4, 0.5) is 11.4 Å². The van der Waals surface area contributed by atoms with Crippen LogP contribution < -0.4 is 14.5 Å². The Kier molecular flexibility index (Phi) is 4.73. The Morgan fingerprint density at radius 3 is 2.26 bits per heavy atom. The summed E-state index contributed by atoms with van der Waals surface area (Å²) in [6.07, 6.45) is 0. The summed E-state index contributed by atoms with van der Waals surface area (Å²) in [6.45, 7) is 3.69. The number of methoxy groups -OCH3 is 1. The van der Waals surface area contributed by atoms with Gasteiger partial charge in [0, 0.05) is 36.3 Å². The highest BCUT2D eigenvalue weighted by Gasteiger charge is 2.19. The molecule has 1 aliphatic heterocycles. The maximum absolute atomic E-state index is 9.33. The summed E-state index contributed by atoms with van der Waals surface area (Å²) in [7, 11) is 1.68. The number of benzene rings is 2. The lowest BCUT2D eigenvalue weighted by molar-refractivity contribution is 0.415. The minimum atomic E-state index is 0.720. The molecule has 1 saturated heterocycles. The van der Waals surface area contributed by atoms with Gasteiger partial charge in [-0.15, -0.1) is 0 Å². The lowest BCUT2D eigenvalue weighted by Crippen LogP contribution is -2.46. The molecular weight excluding hydrogens is 354 g/mol. The van der Waals surface area contributed by atoms with Crippen molar-refractivity contribution in [3.8, 4) is 11.8 Å². The van der Waals surface area contributed by atoms with Gasteiger partial charge in [0.15, 0.2) is 0 Å². The third-order valence-corrected chi connectivity index (χ3v) is 4.63. The average molecular weight is 372 g/mol. The van der Waals surface area contributed by atoms with E-state index in [1.54, 1.807) is 7.11 Å². The van der Waals surface area contributed by atoms with E-state index in [-0.39, 0.29) is 0 Å². The summed E-state index contributed by atoms with van der Waals surface area (Å²) in [5.41, 5.74) is 2.95. The zero-order valence-electron chi connectivity index (χ0n) is 13.0. The van der Waals surface area contributed by atoms with E-state index in [1.807, 2.05) is 30.3 Å². The van der Waals surface area contributed by atoms with Crippen LogP contribution in [0.5, 0.6) is 5.75 Å². The van der Waals surface area contributed by atoms with Crippen molar-refractivity contribution in [2.45, 2.75) is 0 Å². The Balaban J connectivity index is 1.70. The summed E-state index contributed by atoms with van der Waals surface area (Å²) in [5, 5.41) is 9.33. The van der Waals surface area contributed by atoms with Crippen molar-refractivity contribution in [2.24, 2.45) is 0 Å². The molecule has 0 amide bonds. The SMILES string of the molecule is COc1ccc(N2CCN(c3ccc(Br)cc3C#N)CC2)cc1. The van der Waals surface area contributed by atoms with Crippen LogP contribution in [0.25, 0.3) is 0 Å². The monoisotopic (exact) mass is 371 g/mol. The Labute approximate surface area is 145 Å². The van der Waals surface area contributed by atoms with Gasteiger partial charge in [0.2, 0.25) is 0 Å². The Morgan fingerprint density at radius 1 is 1.00 bits per heavy atom. The molecular formula is C18H18BrN3O. The van der Waals surface area contributed by atoms with Crippen LogP contribution in [0.2, 0.25) is 0 Å². The van der Waals surface area contributed by atoms with Crippen molar-refractivity contribution >= 4 is 27.3 Å². The number of ether oxygens (including phenoxy) is 1. The molecule has 1 aliphatic rings. The minimum Gasteiger partial charge on any atom is -0.497 e. The molecule has 2 aromatic rings. The maximum atomic E-state index is 9.33. The van der Waals surface area contributed by atoms with Crippen LogP contribution in [-0.4, -0.2) is 33.3 Å². The predicted octanol–water partition coefficient (Wildman–Crippen LogP) is 3.66. The summed E-state index contributed by atoms with van der Waals surface area (Å²) in [6, 6.07) is 16.3. The number of piperazine rings is 1. The number of nitriles is 1. The van der Waals surface area contributed by atoms with Crippen LogP contribution in [0.1, 0.15) is 5.56 Å². The fourth-order valence-corrected chi connectivity index (χ4v) is 3.23. The van der Waals surface area contributed by atoms with Gasteiger partial charge in [0.25, 0.3) is 0 Å². The first-order valence-electron chi connectivity index (χ1n) is 7.55. The molecule has 0 aromatic heterocycles. The second kappa shape index (κ2) is 6.93. The van der Waals surface area contributed by atoms with Crippen molar-refractivity contribution in [3.05, 3.63) is 52.5 Å². The van der Waals surface area contributed by atoms with E-state index in [0.29, 0.717) is 0 Å². The van der Waals surface area contributed by atoms with E-state index in [2.05, 4.69) is 43.9 Å². The van der Waals surface area contributed by atoms with Gasteiger partial charge >= 0.3 is 0 Å². The molecule has 1 fully saturated rings. The summed E-state index contributed by atoms with van der Waals surface area (Å²) < 4.78 is 6.14. The summed E-state index contributed by atoms with van der Waals surface area (Å²) in [5.74, 6) is 0.876. The zero-order chi connectivity index (χ0) is 16.2. The first-order valence-corrected chi connectivity index (χ1v) is 8.34. The van der Waals surface area contributed by atoms with Gasteiger partial charge < -0.3 is 14.5 Å². The van der Waals surface area contributed by atoms with Gasteiger partial charge in [-0.2, -0.15) is 5.26 Å². The van der Waals surface area contributed by atoms with Crippen molar-refractivity contribution in [3.63, 3.8) is 0 Å². The molecule has 3 rings (SSSR count). The second-order valence-corrected chi connectivity index (χ2v) is 6.36. The number of hydrogen-bond donors (Lipinski definition) is 0. The van der Waals surface area contributed by atoms with Gasteiger partial charge in [0.05, 0.1) is 18.4 Å². The Bertz CT molecular complexity index is 716. The molecule has 0 N–H and O–H groups in total. The normalized spacial score (nSPS) is 14.5. The van der Waals surface area contributed by atoms with Crippen molar-refractivity contribution in [1.29, 1.82) is 5.26 Å². The summed E-state index contributed by atoms with van der Waals surface area (Å²) in [4.78, 5) is 4.64. The molecule has 5 heteroatoms. The van der Waals surface area contributed by atoms with Crippen molar-refractivity contribution < 1.29 is 4.74 Å². The highest BCUT2D eigenvalue weighted by Crippen LogP contribution is 2.26. The molecule has 2 aromatic carbocycles. The number of halogens is 1. The quantitative estimate of drug-likeness (QED) is 0.825. The molecule has 0 aliphatic carbocycles. The molecule has 0 bridgehead atoms. The van der Waals surface area contributed by atoms with E-state index in [1.165, 1.54) is 5.69 Å². The van der Waals surface area contributed by atoms with Gasteiger partial charge in [0.1, 0.15) is 11.8 Å². The molecule has 0 unspecified atom stereocenters. The lowest BCUT2D eigenvalue weighted by Gasteiger charge is -2.37. The van der Waals surface area contributed by atoms with Crippen molar-refractivity contribution in [2.75, 3.05) is 43.1 Å². The molecule has 0 atom stereocenters. The topological polar surface area (TPSA) is 39.5 Å². The average Bonchev–Trinajstić information content (AvgIpc) is 2.62. The van der Waals surface area contributed by atoms with Crippen LogP contribution in [0.3, 0.4) is 0 Å². The first-order chi connectivity index (χ1) is 11.2. The van der Waals surface area contributed by atoms with Gasteiger partial charge in [-0.1, -0.05) is 15.9 Å². The highest BCUT2D eigenvalue weighted by molar-refractivity contribution is 9.10. The van der Waals surface area contributed by atoms with E-state index >= 15 is 0 Å². The van der Waals surface area contributed by atoms with Crippen LogP contribution in [0.15, 0.2) is 46.9 Å². The van der Waals surface area contributed by atoms with Crippen LogP contribution in [0, 0.1) is 11.3 Å². The standard InChI is InChI=1S/C18H18BrN3O/c1-23-17-5-3-16(4-6-17)21-8-10-22(11-9-21)18-7-2-15(19)12-14(18)13-20/h2-7,12H,8-11H2,1H3. The van der Waals surface area contributed by atoms with E-state index in [0.717, 1.165) is 47.7 Å². The molecule has 0 spiro atoms. The summed E-state index contributed by atoms with van der Waals surface area (Å²) >= 11 is 3.42.